The zero-order chi connectivity index (χ0) is 16.7. The van der Waals surface area contributed by atoms with Crippen LogP contribution in [0.4, 0.5) is 9.18 Å². The molecule has 1 aromatic carbocycles. The summed E-state index contributed by atoms with van der Waals surface area (Å²) in [5.74, 6) is -0.220. The average molecular weight is 324 g/mol. The summed E-state index contributed by atoms with van der Waals surface area (Å²) in [6.07, 6.45) is 0.918. The van der Waals surface area contributed by atoms with Gasteiger partial charge in [0.05, 0.1) is 6.61 Å². The van der Waals surface area contributed by atoms with E-state index in [0.717, 1.165) is 0 Å². The molecule has 0 bridgehead atoms. The van der Waals surface area contributed by atoms with Crippen molar-refractivity contribution in [2.75, 3.05) is 26.3 Å². The van der Waals surface area contributed by atoms with Gasteiger partial charge >= 0.3 is 6.09 Å². The van der Waals surface area contributed by atoms with Gasteiger partial charge in [0.2, 0.25) is 0 Å². The Morgan fingerprint density at radius 2 is 2.09 bits per heavy atom. The van der Waals surface area contributed by atoms with Gasteiger partial charge in [0.1, 0.15) is 11.6 Å². The molecule has 7 heteroatoms. The van der Waals surface area contributed by atoms with Crippen LogP contribution in [-0.4, -0.2) is 49.2 Å². The lowest BCUT2D eigenvalue weighted by molar-refractivity contribution is -0.134. The Morgan fingerprint density at radius 3 is 2.74 bits per heavy atom. The van der Waals surface area contributed by atoms with Crippen LogP contribution in [0.15, 0.2) is 24.3 Å². The maximum atomic E-state index is 13.0. The van der Waals surface area contributed by atoms with Gasteiger partial charge in [-0.25, -0.2) is 9.18 Å². The Bertz CT molecular complexity index is 545. The lowest BCUT2D eigenvalue weighted by Gasteiger charge is -2.32. The molecule has 0 saturated carbocycles. The average Bonchev–Trinajstić information content (AvgIpc) is 2.53. The number of piperidine rings is 1. The van der Waals surface area contributed by atoms with Crippen LogP contribution in [0.3, 0.4) is 0 Å². The molecule has 1 aliphatic heterocycles. The molecule has 1 saturated heterocycles. The van der Waals surface area contributed by atoms with E-state index in [1.807, 2.05) is 0 Å². The number of carbonyl (C=O) groups is 2. The topological polar surface area (TPSA) is 67.9 Å². The third-order valence-corrected chi connectivity index (χ3v) is 3.60. The maximum Gasteiger partial charge on any atom is 0.407 e. The zero-order valence-corrected chi connectivity index (χ0v) is 13.1. The fourth-order valence-electron chi connectivity index (χ4n) is 2.41. The Labute approximate surface area is 134 Å². The minimum absolute atomic E-state index is 0.0160. The fraction of sp³-hybridized carbons (Fsp3) is 0.500. The van der Waals surface area contributed by atoms with Crippen molar-refractivity contribution in [2.45, 2.75) is 25.8 Å². The van der Waals surface area contributed by atoms with Crippen LogP contribution in [0.25, 0.3) is 0 Å². The molecule has 23 heavy (non-hydrogen) atoms. The Balaban J connectivity index is 1.72. The summed E-state index contributed by atoms with van der Waals surface area (Å²) in [6, 6.07) is 5.70. The van der Waals surface area contributed by atoms with E-state index in [1.54, 1.807) is 17.9 Å². The highest BCUT2D eigenvalue weighted by Crippen LogP contribution is 2.14. The monoisotopic (exact) mass is 324 g/mol. The number of alkyl carbamates (subject to hydrolysis) is 1. The molecule has 0 aliphatic carbocycles. The van der Waals surface area contributed by atoms with Crippen molar-refractivity contribution < 1.29 is 23.5 Å². The number of nitrogens with one attached hydrogen (secondary N) is 1. The van der Waals surface area contributed by atoms with E-state index in [0.29, 0.717) is 38.3 Å². The van der Waals surface area contributed by atoms with Crippen LogP contribution >= 0.6 is 0 Å². The zero-order valence-electron chi connectivity index (χ0n) is 13.1. The van der Waals surface area contributed by atoms with Gasteiger partial charge in [-0.1, -0.05) is 6.07 Å². The molecule has 1 aliphatic rings. The maximum absolute atomic E-state index is 13.0. The summed E-state index contributed by atoms with van der Waals surface area (Å²) in [5.41, 5.74) is 0. The van der Waals surface area contributed by atoms with Crippen molar-refractivity contribution >= 4 is 12.0 Å². The van der Waals surface area contributed by atoms with Gasteiger partial charge in [-0.3, -0.25) is 4.79 Å². The second kappa shape index (κ2) is 8.36. The standard InChI is InChI=1S/C16H21FN2O4/c1-2-22-16(21)18-13-6-8-19(9-7-13)15(20)11-23-14-5-3-4-12(17)10-14/h3-5,10,13H,2,6-9,11H2,1H3,(H,18,21). The summed E-state index contributed by atoms with van der Waals surface area (Å²) in [4.78, 5) is 25.1. The third-order valence-electron chi connectivity index (χ3n) is 3.60. The summed E-state index contributed by atoms with van der Waals surface area (Å²) < 4.78 is 23.2. The number of amides is 2. The van der Waals surface area contributed by atoms with Gasteiger partial charge < -0.3 is 19.7 Å². The normalized spacial score (nSPS) is 15.1. The number of carbonyl (C=O) groups excluding carboxylic acids is 2. The molecule has 1 aromatic rings. The van der Waals surface area contributed by atoms with E-state index in [1.165, 1.54) is 18.2 Å². The van der Waals surface area contributed by atoms with Crippen molar-refractivity contribution in [1.82, 2.24) is 10.2 Å². The third kappa shape index (κ3) is 5.43. The first-order valence-electron chi connectivity index (χ1n) is 7.68. The van der Waals surface area contributed by atoms with E-state index in [9.17, 15) is 14.0 Å². The van der Waals surface area contributed by atoms with E-state index >= 15 is 0 Å². The lowest BCUT2D eigenvalue weighted by Crippen LogP contribution is -2.47. The largest absolute Gasteiger partial charge is 0.484 e. The van der Waals surface area contributed by atoms with Gasteiger partial charge in [0, 0.05) is 25.2 Å². The molecule has 0 spiro atoms. The number of benzene rings is 1. The molecule has 1 N–H and O–H groups in total. The van der Waals surface area contributed by atoms with Crippen molar-refractivity contribution in [3.63, 3.8) is 0 Å². The minimum atomic E-state index is -0.424. The number of hydrogen-bond acceptors (Lipinski definition) is 4. The molecule has 2 amide bonds. The predicted molar refractivity (Wildman–Crippen MR) is 81.7 cm³/mol. The molecule has 0 unspecified atom stereocenters. The van der Waals surface area contributed by atoms with E-state index < -0.39 is 11.9 Å². The molecule has 0 radical (unpaired) electrons. The SMILES string of the molecule is CCOC(=O)NC1CCN(C(=O)COc2cccc(F)c2)CC1. The quantitative estimate of drug-likeness (QED) is 0.899. The smallest absolute Gasteiger partial charge is 0.407 e. The summed E-state index contributed by atoms with van der Waals surface area (Å²) in [6.45, 7) is 3.05. The number of rotatable bonds is 5. The molecular formula is C16H21FN2O4. The van der Waals surface area contributed by atoms with E-state index in [2.05, 4.69) is 5.32 Å². The van der Waals surface area contributed by atoms with Crippen molar-refractivity contribution in [3.05, 3.63) is 30.1 Å². The Morgan fingerprint density at radius 1 is 1.35 bits per heavy atom. The van der Waals surface area contributed by atoms with Crippen LogP contribution in [-0.2, 0) is 9.53 Å². The fourth-order valence-corrected chi connectivity index (χ4v) is 2.41. The highest BCUT2D eigenvalue weighted by molar-refractivity contribution is 5.78. The van der Waals surface area contributed by atoms with E-state index in [4.69, 9.17) is 9.47 Å². The Kier molecular flexibility index (Phi) is 6.19. The first-order valence-corrected chi connectivity index (χ1v) is 7.68. The van der Waals surface area contributed by atoms with Crippen molar-refractivity contribution in [1.29, 1.82) is 0 Å². The molecule has 0 aromatic heterocycles. The van der Waals surface area contributed by atoms with Gasteiger partial charge in [-0.15, -0.1) is 0 Å². The molecule has 2 rings (SSSR count). The van der Waals surface area contributed by atoms with Crippen LogP contribution in [0.2, 0.25) is 0 Å². The first-order chi connectivity index (χ1) is 11.1. The minimum Gasteiger partial charge on any atom is -0.484 e. The highest BCUT2D eigenvalue weighted by atomic mass is 19.1. The number of likely N-dealkylation sites (tertiary alicyclic amines) is 1. The summed E-state index contributed by atoms with van der Waals surface area (Å²) in [5, 5.41) is 2.77. The highest BCUT2D eigenvalue weighted by Gasteiger charge is 2.24. The van der Waals surface area contributed by atoms with Crippen molar-refractivity contribution in [3.8, 4) is 5.75 Å². The van der Waals surface area contributed by atoms with Crippen LogP contribution in [0, 0.1) is 5.82 Å². The predicted octanol–water partition coefficient (Wildman–Crippen LogP) is 1.94. The number of ether oxygens (including phenoxy) is 2. The van der Waals surface area contributed by atoms with Crippen LogP contribution in [0.1, 0.15) is 19.8 Å². The second-order valence-corrected chi connectivity index (χ2v) is 5.27. The summed E-state index contributed by atoms with van der Waals surface area (Å²) >= 11 is 0. The van der Waals surface area contributed by atoms with Crippen LogP contribution in [0.5, 0.6) is 5.75 Å². The molecule has 1 heterocycles. The molecule has 126 valence electrons. The molecule has 0 atom stereocenters. The number of hydrogen-bond donors (Lipinski definition) is 1. The summed E-state index contributed by atoms with van der Waals surface area (Å²) in [7, 11) is 0. The van der Waals surface area contributed by atoms with Gasteiger partial charge in [0.25, 0.3) is 5.91 Å². The van der Waals surface area contributed by atoms with Gasteiger partial charge in [0.15, 0.2) is 6.61 Å². The molecule has 1 fully saturated rings. The van der Waals surface area contributed by atoms with E-state index in [-0.39, 0.29) is 18.6 Å². The van der Waals surface area contributed by atoms with Crippen LogP contribution < -0.4 is 10.1 Å². The number of halogens is 1. The first kappa shape index (κ1) is 17.1. The van der Waals surface area contributed by atoms with Gasteiger partial charge in [-0.05, 0) is 31.9 Å². The van der Waals surface area contributed by atoms with Crippen molar-refractivity contribution in [2.24, 2.45) is 0 Å². The molecule has 6 nitrogen and oxygen atoms in total. The van der Waals surface area contributed by atoms with Gasteiger partial charge in [-0.2, -0.15) is 0 Å². The lowest BCUT2D eigenvalue weighted by atomic mass is 10.1. The Hall–Kier alpha value is -2.31. The molecular weight excluding hydrogens is 303 g/mol. The second-order valence-electron chi connectivity index (χ2n) is 5.27. The number of nitrogens with zero attached hydrogens (tertiary/aromatic N) is 1.